The van der Waals surface area contributed by atoms with Gasteiger partial charge in [-0.1, -0.05) is 12.1 Å². The Balaban J connectivity index is 1.91. The lowest BCUT2D eigenvalue weighted by Crippen LogP contribution is -2.49. The van der Waals surface area contributed by atoms with Crippen LogP contribution >= 0.6 is 0 Å². The third-order valence-corrected chi connectivity index (χ3v) is 4.34. The van der Waals surface area contributed by atoms with Crippen molar-refractivity contribution in [2.75, 3.05) is 26.7 Å². The summed E-state index contributed by atoms with van der Waals surface area (Å²) in [5, 5.41) is 3.22. The van der Waals surface area contributed by atoms with Gasteiger partial charge in [-0.2, -0.15) is 0 Å². The third kappa shape index (κ3) is 2.73. The first-order chi connectivity index (χ1) is 9.70. The van der Waals surface area contributed by atoms with Crippen LogP contribution < -0.4 is 5.32 Å². The predicted molar refractivity (Wildman–Crippen MR) is 77.3 cm³/mol. The molecule has 1 aliphatic heterocycles. The molecule has 110 valence electrons. The molecule has 3 nitrogen and oxygen atoms in total. The molecule has 2 unspecified atom stereocenters. The molecular formula is C16H23FN2O. The second-order valence-electron chi connectivity index (χ2n) is 5.89. The van der Waals surface area contributed by atoms with Crippen molar-refractivity contribution in [1.82, 2.24) is 10.2 Å². The standard InChI is InChI=1S/C16H23FN2O/c1-11-9-12(3-6-14(11)17)16-15(10-18-2)20-8-7-19(16)13-4-5-13/h3,6,9,13,15-16,18H,4-5,7-8,10H2,1-2H3. The zero-order chi connectivity index (χ0) is 14.1. The van der Waals surface area contributed by atoms with Gasteiger partial charge >= 0.3 is 0 Å². The monoisotopic (exact) mass is 278 g/mol. The summed E-state index contributed by atoms with van der Waals surface area (Å²) in [6.45, 7) is 4.42. The molecule has 1 saturated heterocycles. The normalized spacial score (nSPS) is 27.8. The number of morpholine rings is 1. The largest absolute Gasteiger partial charge is 0.374 e. The average molecular weight is 278 g/mol. The van der Waals surface area contributed by atoms with Crippen LogP contribution in [0.5, 0.6) is 0 Å². The predicted octanol–water partition coefficient (Wildman–Crippen LogP) is 2.26. The number of ether oxygens (including phenoxy) is 1. The fraction of sp³-hybridized carbons (Fsp3) is 0.625. The van der Waals surface area contributed by atoms with Crippen LogP contribution in [0.1, 0.15) is 30.0 Å². The summed E-state index contributed by atoms with van der Waals surface area (Å²) in [4.78, 5) is 2.55. The minimum Gasteiger partial charge on any atom is -0.374 e. The minimum absolute atomic E-state index is 0.131. The molecule has 0 aromatic heterocycles. The Morgan fingerprint density at radius 2 is 2.20 bits per heavy atom. The van der Waals surface area contributed by atoms with E-state index in [1.54, 1.807) is 6.07 Å². The van der Waals surface area contributed by atoms with E-state index >= 15 is 0 Å². The van der Waals surface area contributed by atoms with Crippen molar-refractivity contribution in [3.05, 3.63) is 35.1 Å². The molecule has 20 heavy (non-hydrogen) atoms. The number of likely N-dealkylation sites (N-methyl/N-ethyl adjacent to an activating group) is 1. The Morgan fingerprint density at radius 1 is 1.40 bits per heavy atom. The molecule has 1 aromatic rings. The lowest BCUT2D eigenvalue weighted by Gasteiger charge is -2.42. The molecule has 4 heteroatoms. The van der Waals surface area contributed by atoms with Gasteiger partial charge in [0.15, 0.2) is 0 Å². The number of nitrogens with zero attached hydrogens (tertiary/aromatic N) is 1. The molecule has 1 N–H and O–H groups in total. The maximum atomic E-state index is 13.5. The van der Waals surface area contributed by atoms with Crippen LogP contribution in [0.4, 0.5) is 4.39 Å². The van der Waals surface area contributed by atoms with Crippen LogP contribution in [-0.4, -0.2) is 43.8 Å². The zero-order valence-corrected chi connectivity index (χ0v) is 12.2. The van der Waals surface area contributed by atoms with Crippen molar-refractivity contribution in [2.45, 2.75) is 38.0 Å². The van der Waals surface area contributed by atoms with Crippen LogP contribution in [0.2, 0.25) is 0 Å². The summed E-state index contributed by atoms with van der Waals surface area (Å²) in [5.41, 5.74) is 1.89. The van der Waals surface area contributed by atoms with E-state index in [1.165, 1.54) is 18.4 Å². The van der Waals surface area contributed by atoms with E-state index in [9.17, 15) is 4.39 Å². The fourth-order valence-corrected chi connectivity index (χ4v) is 3.20. The van der Waals surface area contributed by atoms with E-state index in [0.717, 1.165) is 19.7 Å². The quantitative estimate of drug-likeness (QED) is 0.914. The molecule has 1 heterocycles. The van der Waals surface area contributed by atoms with E-state index in [2.05, 4.69) is 10.2 Å². The van der Waals surface area contributed by atoms with Crippen molar-refractivity contribution >= 4 is 0 Å². The average Bonchev–Trinajstić information content (AvgIpc) is 3.27. The molecular weight excluding hydrogens is 255 g/mol. The molecule has 0 spiro atoms. The highest BCUT2D eigenvalue weighted by molar-refractivity contribution is 5.28. The van der Waals surface area contributed by atoms with E-state index < -0.39 is 0 Å². The zero-order valence-electron chi connectivity index (χ0n) is 12.2. The van der Waals surface area contributed by atoms with Gasteiger partial charge in [0.2, 0.25) is 0 Å². The molecule has 0 bridgehead atoms. The van der Waals surface area contributed by atoms with Crippen molar-refractivity contribution in [3.8, 4) is 0 Å². The van der Waals surface area contributed by atoms with Crippen molar-refractivity contribution in [1.29, 1.82) is 0 Å². The maximum absolute atomic E-state index is 13.5. The maximum Gasteiger partial charge on any atom is 0.126 e. The lowest BCUT2D eigenvalue weighted by molar-refractivity contribution is -0.0740. The number of rotatable bonds is 4. The Kier molecular flexibility index (Phi) is 4.06. The van der Waals surface area contributed by atoms with E-state index in [-0.39, 0.29) is 18.0 Å². The highest BCUT2D eigenvalue weighted by Crippen LogP contribution is 2.39. The number of nitrogens with one attached hydrogen (secondary N) is 1. The van der Waals surface area contributed by atoms with Gasteiger partial charge < -0.3 is 10.1 Å². The van der Waals surface area contributed by atoms with Gasteiger partial charge in [-0.15, -0.1) is 0 Å². The van der Waals surface area contributed by atoms with Gasteiger partial charge in [0.25, 0.3) is 0 Å². The molecule has 3 rings (SSSR count). The Hall–Kier alpha value is -0.970. The first-order valence-corrected chi connectivity index (χ1v) is 7.48. The Bertz CT molecular complexity index is 474. The topological polar surface area (TPSA) is 24.5 Å². The van der Waals surface area contributed by atoms with Crippen LogP contribution in [0, 0.1) is 12.7 Å². The van der Waals surface area contributed by atoms with Gasteiger partial charge in [-0.05, 0) is 44.0 Å². The van der Waals surface area contributed by atoms with Crippen molar-refractivity contribution in [2.24, 2.45) is 0 Å². The summed E-state index contributed by atoms with van der Waals surface area (Å²) in [6.07, 6.45) is 2.70. The Morgan fingerprint density at radius 3 is 2.85 bits per heavy atom. The second kappa shape index (κ2) is 5.80. The SMILES string of the molecule is CNCC1OCCN(C2CC2)C1c1ccc(F)c(C)c1. The number of hydrogen-bond donors (Lipinski definition) is 1. The Labute approximate surface area is 120 Å². The molecule has 0 radical (unpaired) electrons. The second-order valence-corrected chi connectivity index (χ2v) is 5.89. The molecule has 2 atom stereocenters. The van der Waals surface area contributed by atoms with Crippen molar-refractivity contribution < 1.29 is 9.13 Å². The van der Waals surface area contributed by atoms with Crippen LogP contribution in [-0.2, 0) is 4.74 Å². The van der Waals surface area contributed by atoms with Crippen molar-refractivity contribution in [3.63, 3.8) is 0 Å². The summed E-state index contributed by atoms with van der Waals surface area (Å²) in [5.74, 6) is -0.131. The van der Waals surface area contributed by atoms with Gasteiger partial charge in [0.05, 0.1) is 18.8 Å². The van der Waals surface area contributed by atoms with E-state index in [1.807, 2.05) is 26.1 Å². The first-order valence-electron chi connectivity index (χ1n) is 7.48. The summed E-state index contributed by atoms with van der Waals surface area (Å²) < 4.78 is 19.5. The van der Waals surface area contributed by atoms with Gasteiger partial charge in [-0.3, -0.25) is 4.90 Å². The molecule has 1 saturated carbocycles. The molecule has 1 aromatic carbocycles. The number of aryl methyl sites for hydroxylation is 1. The van der Waals surface area contributed by atoms with Gasteiger partial charge in [0, 0.05) is 19.1 Å². The summed E-state index contributed by atoms with van der Waals surface area (Å²) in [7, 11) is 1.95. The number of benzene rings is 1. The third-order valence-electron chi connectivity index (χ3n) is 4.34. The highest BCUT2D eigenvalue weighted by atomic mass is 19.1. The van der Waals surface area contributed by atoms with E-state index in [0.29, 0.717) is 11.6 Å². The van der Waals surface area contributed by atoms with Crippen LogP contribution in [0.25, 0.3) is 0 Å². The lowest BCUT2D eigenvalue weighted by atomic mass is 9.96. The molecule has 1 aliphatic carbocycles. The minimum atomic E-state index is -0.131. The summed E-state index contributed by atoms with van der Waals surface area (Å²) >= 11 is 0. The smallest absolute Gasteiger partial charge is 0.126 e. The summed E-state index contributed by atoms with van der Waals surface area (Å²) in [6, 6.07) is 6.41. The molecule has 2 fully saturated rings. The first kappa shape index (κ1) is 14.0. The van der Waals surface area contributed by atoms with Gasteiger partial charge in [-0.25, -0.2) is 4.39 Å². The molecule has 0 amide bonds. The van der Waals surface area contributed by atoms with E-state index in [4.69, 9.17) is 4.74 Å². The number of hydrogen-bond acceptors (Lipinski definition) is 3. The van der Waals surface area contributed by atoms with Crippen LogP contribution in [0.15, 0.2) is 18.2 Å². The fourth-order valence-electron chi connectivity index (χ4n) is 3.20. The number of halogens is 1. The van der Waals surface area contributed by atoms with Gasteiger partial charge in [0.1, 0.15) is 5.82 Å². The highest BCUT2D eigenvalue weighted by Gasteiger charge is 2.41. The molecule has 2 aliphatic rings. The van der Waals surface area contributed by atoms with Crippen LogP contribution in [0.3, 0.4) is 0 Å².